The lowest BCUT2D eigenvalue weighted by atomic mass is 10.0. The Balaban J connectivity index is 1.42. The molecule has 2 aromatic heterocycles. The van der Waals surface area contributed by atoms with Gasteiger partial charge in [-0.25, -0.2) is 8.42 Å². The topological polar surface area (TPSA) is 88.4 Å². The van der Waals surface area contributed by atoms with Crippen LogP contribution in [0.1, 0.15) is 22.9 Å². The minimum Gasteiger partial charge on any atom is -0.467 e. The van der Waals surface area contributed by atoms with E-state index in [1.165, 1.54) is 0 Å². The van der Waals surface area contributed by atoms with Gasteiger partial charge in [-0.15, -0.1) is 11.3 Å². The molecule has 0 radical (unpaired) electrons. The average molecular weight is 453 g/mol. The van der Waals surface area contributed by atoms with Crippen LogP contribution in [0.2, 0.25) is 0 Å². The van der Waals surface area contributed by atoms with E-state index in [9.17, 15) is 13.2 Å². The highest BCUT2D eigenvalue weighted by Crippen LogP contribution is 2.23. The maximum Gasteiger partial charge on any atom is 0.271 e. The van der Waals surface area contributed by atoms with Gasteiger partial charge in [-0.2, -0.15) is 0 Å². The lowest BCUT2D eigenvalue weighted by molar-refractivity contribution is -0.121. The molecule has 1 atom stereocenters. The van der Waals surface area contributed by atoms with Gasteiger partial charge in [0.1, 0.15) is 16.0 Å². The number of sulfonamides is 1. The summed E-state index contributed by atoms with van der Waals surface area (Å²) in [6.45, 7) is 0. The van der Waals surface area contributed by atoms with Gasteiger partial charge in [0.25, 0.3) is 10.0 Å². The molecule has 8 heteroatoms. The molecule has 0 saturated heterocycles. The van der Waals surface area contributed by atoms with Crippen molar-refractivity contribution in [1.82, 2.24) is 5.32 Å². The Morgan fingerprint density at radius 1 is 0.935 bits per heavy atom. The molecule has 0 aliphatic rings. The molecule has 4 rings (SSSR count). The van der Waals surface area contributed by atoms with Crippen LogP contribution < -0.4 is 10.0 Å². The van der Waals surface area contributed by atoms with Crippen LogP contribution in [-0.2, 0) is 21.2 Å². The normalized spacial score (nSPS) is 12.3. The largest absolute Gasteiger partial charge is 0.467 e. The molecule has 1 unspecified atom stereocenters. The third-order valence-electron chi connectivity index (χ3n) is 4.60. The molecule has 0 bridgehead atoms. The van der Waals surface area contributed by atoms with Crippen molar-refractivity contribution in [2.75, 3.05) is 4.72 Å². The van der Waals surface area contributed by atoms with Crippen LogP contribution in [0.3, 0.4) is 0 Å². The van der Waals surface area contributed by atoms with E-state index in [0.717, 1.165) is 22.5 Å². The van der Waals surface area contributed by atoms with Crippen molar-refractivity contribution in [2.45, 2.75) is 16.7 Å². The Morgan fingerprint density at radius 3 is 2.35 bits per heavy atom. The molecule has 0 fully saturated rings. The van der Waals surface area contributed by atoms with Gasteiger partial charge in [-0.3, -0.25) is 9.52 Å². The molecular weight excluding hydrogens is 432 g/mol. The zero-order valence-electron chi connectivity index (χ0n) is 16.4. The predicted molar refractivity (Wildman–Crippen MR) is 120 cm³/mol. The number of amides is 1. The molecule has 2 heterocycles. The fourth-order valence-electron chi connectivity index (χ4n) is 3.13. The van der Waals surface area contributed by atoms with Crippen molar-refractivity contribution in [3.63, 3.8) is 0 Å². The zero-order chi connectivity index (χ0) is 21.7. The summed E-state index contributed by atoms with van der Waals surface area (Å²) < 4.78 is 32.9. The maximum atomic E-state index is 12.7. The number of thiophene rings is 1. The lowest BCUT2D eigenvalue weighted by Crippen LogP contribution is -2.30. The lowest BCUT2D eigenvalue weighted by Gasteiger charge is -2.17. The molecule has 4 aromatic rings. The Bertz CT molecular complexity index is 1220. The van der Waals surface area contributed by atoms with E-state index in [0.29, 0.717) is 11.4 Å². The third kappa shape index (κ3) is 5.22. The Kier molecular flexibility index (Phi) is 6.20. The van der Waals surface area contributed by atoms with Gasteiger partial charge >= 0.3 is 0 Å². The zero-order valence-corrected chi connectivity index (χ0v) is 18.0. The molecule has 31 heavy (non-hydrogen) atoms. The van der Waals surface area contributed by atoms with E-state index in [1.54, 1.807) is 54.1 Å². The Morgan fingerprint density at radius 2 is 1.71 bits per heavy atom. The number of carbonyl (C=O) groups excluding carboxylic acids is 1. The second-order valence-corrected chi connectivity index (χ2v) is 9.69. The number of anilines is 1. The van der Waals surface area contributed by atoms with Crippen molar-refractivity contribution in [1.29, 1.82) is 0 Å². The summed E-state index contributed by atoms with van der Waals surface area (Å²) in [5.41, 5.74) is 2.13. The molecule has 6 nitrogen and oxygen atoms in total. The number of hydrogen-bond donors (Lipinski definition) is 2. The monoisotopic (exact) mass is 452 g/mol. The minimum atomic E-state index is -3.60. The number of hydrogen-bond acceptors (Lipinski definition) is 5. The maximum absolute atomic E-state index is 12.7. The van der Waals surface area contributed by atoms with Crippen molar-refractivity contribution >= 4 is 33.0 Å². The second kappa shape index (κ2) is 9.20. The fraction of sp³-hybridized carbons (Fsp3) is 0.0870. The first-order valence-corrected chi connectivity index (χ1v) is 11.9. The van der Waals surface area contributed by atoms with Crippen molar-refractivity contribution in [3.8, 4) is 0 Å². The summed E-state index contributed by atoms with van der Waals surface area (Å²) in [6, 6.07) is 22.8. The van der Waals surface area contributed by atoms with E-state index >= 15 is 0 Å². The van der Waals surface area contributed by atoms with Crippen molar-refractivity contribution in [2.24, 2.45) is 0 Å². The van der Waals surface area contributed by atoms with E-state index < -0.39 is 10.0 Å². The second-order valence-electron chi connectivity index (χ2n) is 6.84. The van der Waals surface area contributed by atoms with Gasteiger partial charge in [0.2, 0.25) is 5.91 Å². The third-order valence-corrected chi connectivity index (χ3v) is 7.38. The van der Waals surface area contributed by atoms with E-state index in [1.807, 2.05) is 36.4 Å². The van der Waals surface area contributed by atoms with Crippen molar-refractivity contribution in [3.05, 3.63) is 107 Å². The summed E-state index contributed by atoms with van der Waals surface area (Å²) in [5.74, 6) is 0.482. The van der Waals surface area contributed by atoms with E-state index in [2.05, 4.69) is 10.0 Å². The molecular formula is C23H20N2O4S2. The number of nitrogens with one attached hydrogen (secondary N) is 2. The first kappa shape index (κ1) is 20.9. The van der Waals surface area contributed by atoms with Crippen LogP contribution in [0, 0.1) is 0 Å². The van der Waals surface area contributed by atoms with Crippen LogP contribution in [0.5, 0.6) is 0 Å². The number of furan rings is 1. The van der Waals surface area contributed by atoms with Crippen LogP contribution in [0.15, 0.2) is 99.1 Å². The summed E-state index contributed by atoms with van der Waals surface area (Å²) in [5, 5.41) is 4.72. The summed E-state index contributed by atoms with van der Waals surface area (Å²) in [6.07, 6.45) is 1.73. The molecule has 0 spiro atoms. The van der Waals surface area contributed by atoms with Crippen LogP contribution in [0.4, 0.5) is 5.69 Å². The molecule has 0 aliphatic carbocycles. The molecule has 0 saturated carbocycles. The van der Waals surface area contributed by atoms with Crippen LogP contribution >= 0.6 is 11.3 Å². The standard InChI is InChI=1S/C23H20N2O4S2/c26-21(24-23(20-8-4-14-29-20)18-6-2-1-3-7-18)16-17-10-12-19(13-11-17)25-31(27,28)22-9-5-15-30-22/h1-15,23,25H,16H2,(H,24,26). The van der Waals surface area contributed by atoms with Gasteiger partial charge in [-0.05, 0) is 46.8 Å². The molecule has 1 amide bonds. The number of carbonyl (C=O) groups is 1. The minimum absolute atomic E-state index is 0.155. The SMILES string of the molecule is O=C(Cc1ccc(NS(=O)(=O)c2cccs2)cc1)NC(c1ccccc1)c1ccco1. The average Bonchev–Trinajstić information content (AvgIpc) is 3.49. The first-order chi connectivity index (χ1) is 15.0. The molecule has 158 valence electrons. The van der Waals surface area contributed by atoms with E-state index in [4.69, 9.17) is 4.42 Å². The Labute approximate surface area is 184 Å². The summed E-state index contributed by atoms with van der Waals surface area (Å²) in [7, 11) is -3.60. The number of rotatable bonds is 8. The van der Waals surface area contributed by atoms with Crippen molar-refractivity contribution < 1.29 is 17.6 Å². The highest BCUT2D eigenvalue weighted by atomic mass is 32.2. The van der Waals surface area contributed by atoms with Gasteiger partial charge in [0.05, 0.1) is 12.7 Å². The summed E-state index contributed by atoms with van der Waals surface area (Å²) in [4.78, 5) is 12.7. The number of benzene rings is 2. The fourth-order valence-corrected chi connectivity index (χ4v) is 5.18. The van der Waals surface area contributed by atoms with E-state index in [-0.39, 0.29) is 22.6 Å². The highest BCUT2D eigenvalue weighted by Gasteiger charge is 2.19. The molecule has 2 N–H and O–H groups in total. The van der Waals surface area contributed by atoms with Crippen LogP contribution in [-0.4, -0.2) is 14.3 Å². The highest BCUT2D eigenvalue weighted by molar-refractivity contribution is 7.94. The van der Waals surface area contributed by atoms with Gasteiger partial charge < -0.3 is 9.73 Å². The Hall–Kier alpha value is -3.36. The summed E-state index contributed by atoms with van der Waals surface area (Å²) >= 11 is 1.15. The molecule has 0 aliphatic heterocycles. The first-order valence-electron chi connectivity index (χ1n) is 9.54. The van der Waals surface area contributed by atoms with Crippen LogP contribution in [0.25, 0.3) is 0 Å². The quantitative estimate of drug-likeness (QED) is 0.409. The molecule has 2 aromatic carbocycles. The smallest absolute Gasteiger partial charge is 0.271 e. The van der Waals surface area contributed by atoms with Gasteiger partial charge in [-0.1, -0.05) is 48.5 Å². The van der Waals surface area contributed by atoms with Gasteiger partial charge in [0, 0.05) is 5.69 Å². The van der Waals surface area contributed by atoms with Gasteiger partial charge in [0.15, 0.2) is 0 Å². The predicted octanol–water partition coefficient (Wildman–Crippen LogP) is 4.59.